The number of rotatable bonds is 31. The van der Waals surface area contributed by atoms with Gasteiger partial charge in [0.05, 0.1) is 39.9 Å². The summed E-state index contributed by atoms with van der Waals surface area (Å²) in [6, 6.07) is -0.768. The third-order valence-electron chi connectivity index (χ3n) is 7.53. The molecule has 0 saturated heterocycles. The molecule has 0 aliphatic heterocycles. The van der Waals surface area contributed by atoms with Gasteiger partial charge >= 0.3 is 7.82 Å². The fourth-order valence-corrected chi connectivity index (χ4v) is 5.33. The van der Waals surface area contributed by atoms with Crippen molar-refractivity contribution in [3.05, 3.63) is 60.8 Å². The van der Waals surface area contributed by atoms with Crippen molar-refractivity contribution in [1.82, 2.24) is 5.32 Å². The Bertz CT molecular complexity index is 954. The van der Waals surface area contributed by atoms with E-state index in [1.165, 1.54) is 0 Å². The van der Waals surface area contributed by atoms with E-state index in [2.05, 4.69) is 79.9 Å². The Kier molecular flexibility index (Phi) is 29.1. The van der Waals surface area contributed by atoms with Crippen LogP contribution >= 0.6 is 7.82 Å². The molecule has 0 rings (SSSR count). The van der Waals surface area contributed by atoms with E-state index in [4.69, 9.17) is 9.05 Å². The van der Waals surface area contributed by atoms with Crippen molar-refractivity contribution in [2.75, 3.05) is 40.9 Å². The number of amides is 1. The Morgan fingerprint density at radius 3 is 1.85 bits per heavy atom. The molecule has 3 atom stereocenters. The molecule has 3 unspecified atom stereocenters. The average Bonchev–Trinajstić information content (AvgIpc) is 3.01. The van der Waals surface area contributed by atoms with Crippen LogP contribution in [0.5, 0.6) is 0 Å². The van der Waals surface area contributed by atoms with Gasteiger partial charge in [0.25, 0.3) is 0 Å². The zero-order valence-corrected chi connectivity index (χ0v) is 31.4. The van der Waals surface area contributed by atoms with E-state index in [0.717, 1.165) is 96.3 Å². The topological polar surface area (TPSA) is 105 Å². The highest BCUT2D eigenvalue weighted by Crippen LogP contribution is 2.43. The van der Waals surface area contributed by atoms with Gasteiger partial charge in [0.15, 0.2) is 0 Å². The predicted molar refractivity (Wildman–Crippen MR) is 198 cm³/mol. The number of nitrogens with one attached hydrogen (secondary N) is 1. The van der Waals surface area contributed by atoms with Gasteiger partial charge in [-0.2, -0.15) is 0 Å². The van der Waals surface area contributed by atoms with Gasteiger partial charge in [-0.15, -0.1) is 0 Å². The fourth-order valence-electron chi connectivity index (χ4n) is 4.60. The summed E-state index contributed by atoms with van der Waals surface area (Å²) in [5.41, 5.74) is 0. The lowest BCUT2D eigenvalue weighted by atomic mass is 10.0. The minimum Gasteiger partial charge on any atom is -0.391 e. The summed E-state index contributed by atoms with van der Waals surface area (Å²) in [6.07, 6.45) is 37.3. The number of carbonyl (C=O) groups excluding carboxylic acids is 1. The zero-order chi connectivity index (χ0) is 35.1. The van der Waals surface area contributed by atoms with E-state index in [9.17, 15) is 19.4 Å². The molecular formula is C38H70N2O6P+. The van der Waals surface area contributed by atoms with Gasteiger partial charge in [-0.3, -0.25) is 13.8 Å². The maximum absolute atomic E-state index is 12.7. The summed E-state index contributed by atoms with van der Waals surface area (Å²) in [7, 11) is 1.58. The number of hydrogen-bond donors (Lipinski definition) is 3. The number of quaternary nitrogens is 1. The Morgan fingerprint density at radius 2 is 1.28 bits per heavy atom. The Labute approximate surface area is 288 Å². The Hall–Kier alpha value is -1.80. The Morgan fingerprint density at radius 1 is 0.745 bits per heavy atom. The third-order valence-corrected chi connectivity index (χ3v) is 8.51. The molecule has 0 aromatic rings. The van der Waals surface area contributed by atoms with Crippen molar-refractivity contribution < 1.29 is 32.9 Å². The average molecular weight is 682 g/mol. The fraction of sp³-hybridized carbons (Fsp3) is 0.711. The smallest absolute Gasteiger partial charge is 0.391 e. The number of unbranched alkanes of at least 4 members (excludes halogenated alkanes) is 8. The van der Waals surface area contributed by atoms with Crippen LogP contribution in [-0.2, 0) is 18.4 Å². The maximum Gasteiger partial charge on any atom is 0.472 e. The normalized spacial score (nSPS) is 15.5. The van der Waals surface area contributed by atoms with E-state index in [-0.39, 0.29) is 19.1 Å². The highest BCUT2D eigenvalue weighted by Gasteiger charge is 2.28. The first kappa shape index (κ1) is 45.2. The number of carbonyl (C=O) groups is 1. The molecule has 272 valence electrons. The molecule has 0 heterocycles. The minimum atomic E-state index is -4.30. The number of aliphatic hydroxyl groups excluding tert-OH is 1. The molecule has 9 heteroatoms. The highest BCUT2D eigenvalue weighted by atomic mass is 31.2. The van der Waals surface area contributed by atoms with E-state index in [0.29, 0.717) is 23.9 Å². The second-order valence-corrected chi connectivity index (χ2v) is 14.7. The van der Waals surface area contributed by atoms with E-state index >= 15 is 0 Å². The van der Waals surface area contributed by atoms with Crippen LogP contribution < -0.4 is 5.32 Å². The summed E-state index contributed by atoms with van der Waals surface area (Å²) in [4.78, 5) is 22.8. The van der Waals surface area contributed by atoms with Crippen LogP contribution in [0.2, 0.25) is 0 Å². The number of likely N-dealkylation sites (N-methyl/N-ethyl adjacent to an activating group) is 1. The second kappa shape index (κ2) is 30.3. The van der Waals surface area contributed by atoms with E-state index in [1.807, 2.05) is 21.1 Å². The summed E-state index contributed by atoms with van der Waals surface area (Å²) in [5.74, 6) is -0.177. The molecular weight excluding hydrogens is 611 g/mol. The molecule has 0 aliphatic carbocycles. The second-order valence-electron chi connectivity index (χ2n) is 13.2. The van der Waals surface area contributed by atoms with Gasteiger partial charge in [-0.25, -0.2) is 4.57 Å². The molecule has 0 fully saturated rings. The molecule has 1 amide bonds. The van der Waals surface area contributed by atoms with Crippen LogP contribution in [0, 0.1) is 0 Å². The first-order chi connectivity index (χ1) is 22.5. The molecule has 0 bridgehead atoms. The molecule has 0 radical (unpaired) electrons. The predicted octanol–water partition coefficient (Wildman–Crippen LogP) is 9.12. The number of phosphoric ester groups is 1. The van der Waals surface area contributed by atoms with Crippen LogP contribution in [0.4, 0.5) is 0 Å². The number of allylic oxidation sites excluding steroid dienone is 10. The quantitative estimate of drug-likeness (QED) is 0.0292. The van der Waals surface area contributed by atoms with Crippen LogP contribution in [-0.4, -0.2) is 73.4 Å². The molecule has 47 heavy (non-hydrogen) atoms. The lowest BCUT2D eigenvalue weighted by Crippen LogP contribution is -2.46. The maximum atomic E-state index is 12.7. The van der Waals surface area contributed by atoms with Crippen LogP contribution in [0.25, 0.3) is 0 Å². The van der Waals surface area contributed by atoms with Crippen molar-refractivity contribution in [2.45, 2.75) is 135 Å². The molecule has 3 N–H and O–H groups in total. The van der Waals surface area contributed by atoms with Gasteiger partial charge in [0.1, 0.15) is 13.2 Å². The summed E-state index contributed by atoms with van der Waals surface area (Å²) >= 11 is 0. The summed E-state index contributed by atoms with van der Waals surface area (Å²) in [5, 5.41) is 13.6. The zero-order valence-electron chi connectivity index (χ0n) is 30.5. The van der Waals surface area contributed by atoms with Gasteiger partial charge in [0.2, 0.25) is 5.91 Å². The third kappa shape index (κ3) is 32.5. The molecule has 8 nitrogen and oxygen atoms in total. The lowest BCUT2D eigenvalue weighted by Gasteiger charge is -2.26. The lowest BCUT2D eigenvalue weighted by molar-refractivity contribution is -0.870. The van der Waals surface area contributed by atoms with Gasteiger partial charge in [-0.05, 0) is 57.8 Å². The van der Waals surface area contributed by atoms with Crippen molar-refractivity contribution >= 4 is 13.7 Å². The van der Waals surface area contributed by atoms with Crippen molar-refractivity contribution in [3.8, 4) is 0 Å². The van der Waals surface area contributed by atoms with Gasteiger partial charge in [0, 0.05) is 6.42 Å². The molecule has 0 saturated carbocycles. The van der Waals surface area contributed by atoms with Crippen LogP contribution in [0.1, 0.15) is 123 Å². The van der Waals surface area contributed by atoms with Crippen LogP contribution in [0.15, 0.2) is 60.8 Å². The SMILES string of the molecule is CC/C=C\C/C=C\C/C=C\C/C=C\C/C=C\CCCCCCCC(=O)NC(COP(=O)(O)OCC[N+](C)(C)C)C(O)CCCCCC. The molecule has 0 aliphatic rings. The van der Waals surface area contributed by atoms with Crippen molar-refractivity contribution in [1.29, 1.82) is 0 Å². The first-order valence-electron chi connectivity index (χ1n) is 18.2. The van der Waals surface area contributed by atoms with Crippen LogP contribution in [0.3, 0.4) is 0 Å². The first-order valence-corrected chi connectivity index (χ1v) is 19.6. The molecule has 0 aromatic carbocycles. The summed E-state index contributed by atoms with van der Waals surface area (Å²) < 4.78 is 23.3. The number of phosphoric acid groups is 1. The largest absolute Gasteiger partial charge is 0.472 e. The minimum absolute atomic E-state index is 0.0657. The van der Waals surface area contributed by atoms with Gasteiger partial charge < -0.3 is 19.8 Å². The standard InChI is InChI=1S/C38H69N2O6P/c1-6-8-10-12-13-14-15-16-17-18-19-20-21-22-23-24-25-26-27-28-30-32-38(42)39-36(37(41)31-29-11-9-7-2)35-46-47(43,44)45-34-33-40(3,4)5/h8,10,13-14,16-17,19-20,22-23,36-37,41H,6-7,9,11-12,15,18,21,24-35H2,1-5H3,(H-,39,42,43,44)/p+1/b10-8-,14-13-,17-16-,20-19-,23-22-. The summed E-state index contributed by atoms with van der Waals surface area (Å²) in [6.45, 7) is 4.59. The number of hydrogen-bond acceptors (Lipinski definition) is 5. The molecule has 0 aromatic heterocycles. The van der Waals surface area contributed by atoms with Crippen molar-refractivity contribution in [3.63, 3.8) is 0 Å². The number of aliphatic hydroxyl groups is 1. The monoisotopic (exact) mass is 681 g/mol. The number of nitrogens with zero attached hydrogens (tertiary/aromatic N) is 1. The van der Waals surface area contributed by atoms with E-state index < -0.39 is 20.0 Å². The molecule has 0 spiro atoms. The highest BCUT2D eigenvalue weighted by molar-refractivity contribution is 7.47. The van der Waals surface area contributed by atoms with Crippen molar-refractivity contribution in [2.24, 2.45) is 0 Å². The van der Waals surface area contributed by atoms with Gasteiger partial charge in [-0.1, -0.05) is 120 Å². The Balaban J connectivity index is 4.23. The van der Waals surface area contributed by atoms with E-state index in [1.54, 1.807) is 0 Å².